The fourth-order valence-electron chi connectivity index (χ4n) is 2.52. The van der Waals surface area contributed by atoms with E-state index in [2.05, 4.69) is 54.2 Å². The van der Waals surface area contributed by atoms with E-state index < -0.39 is 0 Å². The third-order valence-electron chi connectivity index (χ3n) is 3.93. The number of ether oxygens (including phenoxy) is 2. The van der Waals surface area contributed by atoms with Gasteiger partial charge in [0.25, 0.3) is 5.17 Å². The zero-order chi connectivity index (χ0) is 17.7. The Morgan fingerprint density at radius 3 is 2.62 bits per heavy atom. The van der Waals surface area contributed by atoms with Crippen LogP contribution in [0.2, 0.25) is 0 Å². The first kappa shape index (κ1) is 18.7. The predicted molar refractivity (Wildman–Crippen MR) is 107 cm³/mol. The van der Waals surface area contributed by atoms with Gasteiger partial charge >= 0.3 is 0 Å². The summed E-state index contributed by atoms with van der Waals surface area (Å²) in [4.78, 5) is 0. The molecule has 128 valence electrons. The Morgan fingerprint density at radius 1 is 1.21 bits per heavy atom. The van der Waals surface area contributed by atoms with Crippen molar-refractivity contribution in [2.75, 3.05) is 12.4 Å². The van der Waals surface area contributed by atoms with E-state index in [1.807, 2.05) is 18.2 Å². The van der Waals surface area contributed by atoms with Crippen LogP contribution in [0.25, 0.3) is 0 Å². The number of hydrogen-bond acceptors (Lipinski definition) is 3. The van der Waals surface area contributed by atoms with Crippen molar-refractivity contribution in [1.29, 1.82) is 0 Å². The van der Waals surface area contributed by atoms with Crippen molar-refractivity contribution < 1.29 is 9.47 Å². The third kappa shape index (κ3) is 4.48. The lowest BCUT2D eigenvalue weighted by Crippen LogP contribution is -2.13. The van der Waals surface area contributed by atoms with Crippen LogP contribution in [-0.2, 0) is 17.8 Å². The van der Waals surface area contributed by atoms with Gasteiger partial charge in [0.15, 0.2) is 0 Å². The van der Waals surface area contributed by atoms with Crippen LogP contribution in [0, 0.1) is 13.8 Å². The van der Waals surface area contributed by atoms with Crippen molar-refractivity contribution in [1.82, 2.24) is 0 Å². The average molecular weight is 408 g/mol. The number of hydrogen-bond donors (Lipinski definition) is 1. The first-order valence-corrected chi connectivity index (χ1v) is 9.01. The van der Waals surface area contributed by atoms with E-state index in [-0.39, 0.29) is 0 Å². The van der Waals surface area contributed by atoms with E-state index in [1.165, 1.54) is 11.1 Å². The van der Waals surface area contributed by atoms with E-state index in [4.69, 9.17) is 21.7 Å². The molecule has 0 aromatic heterocycles. The molecule has 2 aromatic rings. The zero-order valence-corrected chi connectivity index (χ0v) is 16.8. The van der Waals surface area contributed by atoms with Gasteiger partial charge in [-0.2, -0.15) is 0 Å². The minimum Gasteiger partial charge on any atom is -0.489 e. The van der Waals surface area contributed by atoms with Crippen molar-refractivity contribution in [3.05, 3.63) is 57.1 Å². The van der Waals surface area contributed by atoms with E-state index in [0.717, 1.165) is 33.5 Å². The monoisotopic (exact) mass is 407 g/mol. The topological polar surface area (TPSA) is 30.5 Å². The lowest BCUT2D eigenvalue weighted by atomic mass is 10.0. The molecule has 2 rings (SSSR count). The summed E-state index contributed by atoms with van der Waals surface area (Å²) < 4.78 is 12.1. The maximum absolute atomic E-state index is 6.09. The molecule has 0 unspecified atom stereocenters. The smallest absolute Gasteiger partial charge is 0.260 e. The molecular formula is C19H22BrNO2S. The van der Waals surface area contributed by atoms with Crippen LogP contribution in [0.1, 0.15) is 29.2 Å². The van der Waals surface area contributed by atoms with Crippen LogP contribution in [0.5, 0.6) is 5.75 Å². The van der Waals surface area contributed by atoms with Gasteiger partial charge in [-0.15, -0.1) is 0 Å². The van der Waals surface area contributed by atoms with Crippen molar-refractivity contribution in [3.63, 3.8) is 0 Å². The molecule has 0 bridgehead atoms. The Morgan fingerprint density at radius 2 is 1.96 bits per heavy atom. The highest BCUT2D eigenvalue weighted by atomic mass is 79.9. The second kappa shape index (κ2) is 8.49. The van der Waals surface area contributed by atoms with Crippen molar-refractivity contribution in [2.24, 2.45) is 0 Å². The molecule has 0 saturated heterocycles. The van der Waals surface area contributed by atoms with Crippen LogP contribution in [0.3, 0.4) is 0 Å². The maximum Gasteiger partial charge on any atom is 0.260 e. The lowest BCUT2D eigenvalue weighted by molar-refractivity contribution is 0.303. The molecule has 0 spiro atoms. The number of benzene rings is 2. The van der Waals surface area contributed by atoms with Crippen LogP contribution in [0.4, 0.5) is 5.69 Å². The van der Waals surface area contributed by atoms with Gasteiger partial charge in [0, 0.05) is 15.7 Å². The molecule has 0 saturated carbocycles. The number of thiocarbonyl (C=S) groups is 1. The molecule has 0 fully saturated rings. The summed E-state index contributed by atoms with van der Waals surface area (Å²) in [5, 5.41) is 3.41. The molecule has 0 aliphatic heterocycles. The fourth-order valence-corrected chi connectivity index (χ4v) is 3.11. The molecule has 0 aliphatic rings. The number of halogens is 1. The quantitative estimate of drug-likeness (QED) is 0.657. The zero-order valence-electron chi connectivity index (χ0n) is 14.4. The molecule has 5 heteroatoms. The fraction of sp³-hybridized carbons (Fsp3) is 0.316. The minimum absolute atomic E-state index is 0.327. The second-order valence-corrected chi connectivity index (χ2v) is 6.79. The normalized spacial score (nSPS) is 10.4. The van der Waals surface area contributed by atoms with Gasteiger partial charge < -0.3 is 14.8 Å². The number of nitrogens with one attached hydrogen (secondary N) is 1. The first-order valence-electron chi connectivity index (χ1n) is 7.81. The number of rotatable bonds is 5. The number of aryl methyl sites for hydroxylation is 3. The summed E-state index contributed by atoms with van der Waals surface area (Å²) in [5.74, 6) is 0.903. The van der Waals surface area contributed by atoms with Gasteiger partial charge in [-0.1, -0.05) is 35.0 Å². The van der Waals surface area contributed by atoms with E-state index in [9.17, 15) is 0 Å². The summed E-state index contributed by atoms with van der Waals surface area (Å²) in [6, 6.07) is 10.2. The molecule has 0 aliphatic carbocycles. The molecule has 1 N–H and O–H groups in total. The Kier molecular flexibility index (Phi) is 6.63. The van der Waals surface area contributed by atoms with Gasteiger partial charge in [-0.05, 0) is 67.4 Å². The number of methoxy groups -OCH3 is 1. The highest BCUT2D eigenvalue weighted by molar-refractivity contribution is 9.10. The molecule has 0 atom stereocenters. The Labute approximate surface area is 157 Å². The summed E-state index contributed by atoms with van der Waals surface area (Å²) in [6.45, 7) is 6.79. The molecule has 2 aromatic carbocycles. The van der Waals surface area contributed by atoms with Crippen molar-refractivity contribution in [3.8, 4) is 5.75 Å². The van der Waals surface area contributed by atoms with Gasteiger partial charge in [0.05, 0.1) is 7.11 Å². The SMILES string of the molecule is CCc1cc(C)c(OCc2c(Br)cccc2NC(=S)OC)cc1C. The summed E-state index contributed by atoms with van der Waals surface area (Å²) >= 11 is 8.68. The summed E-state index contributed by atoms with van der Waals surface area (Å²) in [5.41, 5.74) is 5.62. The van der Waals surface area contributed by atoms with E-state index >= 15 is 0 Å². The minimum atomic E-state index is 0.327. The van der Waals surface area contributed by atoms with Crippen molar-refractivity contribution in [2.45, 2.75) is 33.8 Å². The standard InChI is InChI=1S/C19H22BrNO2S/c1-5-14-9-13(3)18(10-12(14)2)23-11-15-16(20)7-6-8-17(15)21-19(24)22-4/h6-10H,5,11H2,1-4H3,(H,21,24). The molecule has 0 heterocycles. The highest BCUT2D eigenvalue weighted by Gasteiger charge is 2.11. The van der Waals surface area contributed by atoms with Crippen LogP contribution >= 0.6 is 28.1 Å². The first-order chi connectivity index (χ1) is 11.5. The summed E-state index contributed by atoms with van der Waals surface area (Å²) in [6.07, 6.45) is 1.03. The van der Waals surface area contributed by atoms with Gasteiger partial charge in [-0.3, -0.25) is 0 Å². The second-order valence-electron chi connectivity index (χ2n) is 5.57. The molecule has 3 nitrogen and oxygen atoms in total. The average Bonchev–Trinajstić information content (AvgIpc) is 2.56. The molecule has 24 heavy (non-hydrogen) atoms. The van der Waals surface area contributed by atoms with Crippen LogP contribution in [0.15, 0.2) is 34.8 Å². The Bertz CT molecular complexity index is 746. The Hall–Kier alpha value is -1.59. The number of anilines is 1. The van der Waals surface area contributed by atoms with Gasteiger partial charge in [0.1, 0.15) is 12.4 Å². The molecule has 0 radical (unpaired) electrons. The predicted octanol–water partition coefficient (Wildman–Crippen LogP) is 5.55. The highest BCUT2D eigenvalue weighted by Crippen LogP contribution is 2.29. The lowest BCUT2D eigenvalue weighted by Gasteiger charge is -2.16. The van der Waals surface area contributed by atoms with Gasteiger partial charge in [-0.25, -0.2) is 0 Å². The maximum atomic E-state index is 6.09. The van der Waals surface area contributed by atoms with Crippen molar-refractivity contribution >= 4 is 39.0 Å². The largest absolute Gasteiger partial charge is 0.489 e. The summed E-state index contributed by atoms with van der Waals surface area (Å²) in [7, 11) is 1.55. The third-order valence-corrected chi connectivity index (χ3v) is 4.94. The van der Waals surface area contributed by atoms with E-state index in [1.54, 1.807) is 7.11 Å². The Balaban J connectivity index is 2.23. The van der Waals surface area contributed by atoms with Crippen LogP contribution in [-0.4, -0.2) is 12.3 Å². The van der Waals surface area contributed by atoms with Crippen LogP contribution < -0.4 is 10.1 Å². The van der Waals surface area contributed by atoms with Gasteiger partial charge in [0.2, 0.25) is 0 Å². The van der Waals surface area contributed by atoms with E-state index in [0.29, 0.717) is 11.8 Å². The molecule has 0 amide bonds. The molecular weight excluding hydrogens is 386 g/mol.